The molecule has 0 aliphatic carbocycles. The molecule has 1 heterocycles. The van der Waals surface area contributed by atoms with Gasteiger partial charge < -0.3 is 10.4 Å². The van der Waals surface area contributed by atoms with Gasteiger partial charge in [-0.2, -0.15) is 0 Å². The molecule has 1 unspecified atom stereocenters. The molecule has 6 heteroatoms. The minimum atomic E-state index is -0.954. The summed E-state index contributed by atoms with van der Waals surface area (Å²) >= 11 is 1.35. The Balaban J connectivity index is 2.12. The summed E-state index contributed by atoms with van der Waals surface area (Å²) in [5.41, 5.74) is 0.775. The van der Waals surface area contributed by atoms with Crippen molar-refractivity contribution in [3.63, 3.8) is 0 Å². The highest BCUT2D eigenvalue weighted by Crippen LogP contribution is 2.20. The number of carbonyl (C=O) groups is 2. The van der Waals surface area contributed by atoms with Crippen molar-refractivity contribution in [3.05, 3.63) is 52.0 Å². The lowest BCUT2D eigenvalue weighted by molar-refractivity contribution is -0.137. The molecular formula is C16H18N2O3S. The number of carboxylic acid groups (broad SMARTS) is 1. The van der Waals surface area contributed by atoms with Gasteiger partial charge >= 0.3 is 5.97 Å². The van der Waals surface area contributed by atoms with E-state index >= 15 is 0 Å². The largest absolute Gasteiger partial charge is 0.481 e. The molecule has 22 heavy (non-hydrogen) atoms. The maximum Gasteiger partial charge on any atom is 0.305 e. The van der Waals surface area contributed by atoms with E-state index in [-0.39, 0.29) is 12.3 Å². The number of rotatable bonds is 7. The number of amides is 1. The summed E-state index contributed by atoms with van der Waals surface area (Å²) < 4.78 is 0. The highest BCUT2D eigenvalue weighted by Gasteiger charge is 2.20. The molecule has 0 bridgehead atoms. The number of aromatic nitrogens is 1. The predicted molar refractivity (Wildman–Crippen MR) is 85.0 cm³/mol. The van der Waals surface area contributed by atoms with Crippen molar-refractivity contribution in [1.29, 1.82) is 0 Å². The fourth-order valence-electron chi connectivity index (χ4n) is 2.09. The predicted octanol–water partition coefficient (Wildman–Crippen LogP) is 3.04. The number of aryl methyl sites for hydroxylation is 1. The van der Waals surface area contributed by atoms with Crippen LogP contribution in [0, 0.1) is 0 Å². The van der Waals surface area contributed by atoms with Crippen LogP contribution in [0.15, 0.2) is 36.5 Å². The molecule has 1 atom stereocenters. The van der Waals surface area contributed by atoms with Crippen LogP contribution in [0.4, 0.5) is 0 Å². The van der Waals surface area contributed by atoms with Gasteiger partial charge in [-0.3, -0.25) is 9.59 Å². The van der Waals surface area contributed by atoms with Crippen LogP contribution in [0.3, 0.4) is 0 Å². The quantitative estimate of drug-likeness (QED) is 0.822. The summed E-state index contributed by atoms with van der Waals surface area (Å²) in [5, 5.41) is 12.7. The minimum Gasteiger partial charge on any atom is -0.481 e. The number of hydrogen-bond donors (Lipinski definition) is 2. The molecular weight excluding hydrogens is 300 g/mol. The number of hydrogen-bond acceptors (Lipinski definition) is 4. The Morgan fingerprint density at radius 1 is 1.32 bits per heavy atom. The third-order valence-electron chi connectivity index (χ3n) is 3.13. The van der Waals surface area contributed by atoms with Crippen LogP contribution < -0.4 is 5.32 Å². The molecule has 116 valence electrons. The maximum atomic E-state index is 12.3. The normalized spacial score (nSPS) is 11.9. The van der Waals surface area contributed by atoms with Crippen LogP contribution >= 0.6 is 11.3 Å². The van der Waals surface area contributed by atoms with Gasteiger partial charge in [0, 0.05) is 0 Å². The molecule has 0 saturated carbocycles. The van der Waals surface area contributed by atoms with Gasteiger partial charge in [0.05, 0.1) is 23.7 Å². The van der Waals surface area contributed by atoms with Gasteiger partial charge in [0.1, 0.15) is 4.88 Å². The zero-order valence-corrected chi connectivity index (χ0v) is 13.1. The first-order valence-corrected chi connectivity index (χ1v) is 7.94. The second-order valence-corrected chi connectivity index (χ2v) is 6.02. The van der Waals surface area contributed by atoms with Crippen LogP contribution in [0.2, 0.25) is 0 Å². The minimum absolute atomic E-state index is 0.156. The Morgan fingerprint density at radius 3 is 2.68 bits per heavy atom. The van der Waals surface area contributed by atoms with Gasteiger partial charge in [0.2, 0.25) is 0 Å². The molecule has 1 aromatic heterocycles. The topological polar surface area (TPSA) is 79.3 Å². The molecule has 0 saturated heterocycles. The van der Waals surface area contributed by atoms with Crippen LogP contribution in [0.25, 0.3) is 0 Å². The lowest BCUT2D eigenvalue weighted by Gasteiger charge is -2.16. The number of carboxylic acids is 1. The van der Waals surface area contributed by atoms with E-state index in [2.05, 4.69) is 17.2 Å². The van der Waals surface area contributed by atoms with E-state index in [9.17, 15) is 9.59 Å². The number of thiazole rings is 1. The summed E-state index contributed by atoms with van der Waals surface area (Å²) in [5.74, 6) is -1.24. The molecule has 2 aromatic rings. The maximum absolute atomic E-state index is 12.3. The smallest absolute Gasteiger partial charge is 0.305 e. The summed E-state index contributed by atoms with van der Waals surface area (Å²) in [7, 11) is 0. The summed E-state index contributed by atoms with van der Waals surface area (Å²) in [6.07, 6.45) is 3.21. The molecule has 5 nitrogen and oxygen atoms in total. The first-order chi connectivity index (χ1) is 10.6. The fourth-order valence-corrected chi connectivity index (χ4v) is 3.01. The van der Waals surface area contributed by atoms with E-state index in [0.717, 1.165) is 23.4 Å². The average Bonchev–Trinajstić information content (AvgIpc) is 2.96. The third kappa shape index (κ3) is 4.39. The summed E-state index contributed by atoms with van der Waals surface area (Å²) in [6, 6.07) is 8.56. The second kappa shape index (κ2) is 7.70. The zero-order valence-electron chi connectivity index (χ0n) is 12.3. The molecule has 0 fully saturated rings. The number of nitrogens with one attached hydrogen (secondary N) is 1. The summed E-state index contributed by atoms with van der Waals surface area (Å²) in [6.45, 7) is 2.05. The average molecular weight is 318 g/mol. The standard InChI is InChI=1S/C16H18N2O3S/c1-2-6-14-17-10-13(22-14)16(21)18-12(9-15(19)20)11-7-4-3-5-8-11/h3-5,7-8,10,12H,2,6,9H2,1H3,(H,18,21)(H,19,20). The first-order valence-electron chi connectivity index (χ1n) is 7.12. The molecule has 0 radical (unpaired) electrons. The Morgan fingerprint density at radius 2 is 2.05 bits per heavy atom. The van der Waals surface area contributed by atoms with Crippen molar-refractivity contribution in [1.82, 2.24) is 10.3 Å². The lowest BCUT2D eigenvalue weighted by atomic mass is 10.0. The summed E-state index contributed by atoms with van der Waals surface area (Å²) in [4.78, 5) is 28.0. The van der Waals surface area contributed by atoms with Crippen molar-refractivity contribution in [2.24, 2.45) is 0 Å². The first kappa shape index (κ1) is 16.2. The van der Waals surface area contributed by atoms with Crippen LogP contribution in [-0.2, 0) is 11.2 Å². The number of carbonyl (C=O) groups excluding carboxylic acids is 1. The van der Waals surface area contributed by atoms with Crippen LogP contribution in [-0.4, -0.2) is 22.0 Å². The van der Waals surface area contributed by atoms with Crippen LogP contribution in [0.5, 0.6) is 0 Å². The van der Waals surface area contributed by atoms with Gasteiger partial charge in [-0.15, -0.1) is 11.3 Å². The van der Waals surface area contributed by atoms with Gasteiger partial charge in [-0.05, 0) is 18.4 Å². The SMILES string of the molecule is CCCc1ncc(C(=O)NC(CC(=O)O)c2ccccc2)s1. The molecule has 2 N–H and O–H groups in total. The molecule has 1 aromatic carbocycles. The van der Waals surface area contributed by atoms with Crippen molar-refractivity contribution in [2.45, 2.75) is 32.2 Å². The Bertz CT molecular complexity index is 640. The van der Waals surface area contributed by atoms with E-state index in [1.54, 1.807) is 6.20 Å². The van der Waals surface area contributed by atoms with Gasteiger partial charge in [0.15, 0.2) is 0 Å². The monoisotopic (exact) mass is 318 g/mol. The van der Waals surface area contributed by atoms with E-state index in [1.807, 2.05) is 30.3 Å². The number of nitrogens with zero attached hydrogens (tertiary/aromatic N) is 1. The number of benzene rings is 1. The van der Waals surface area contributed by atoms with Crippen molar-refractivity contribution >= 4 is 23.2 Å². The van der Waals surface area contributed by atoms with Gasteiger partial charge in [-0.1, -0.05) is 37.3 Å². The van der Waals surface area contributed by atoms with E-state index < -0.39 is 12.0 Å². The molecule has 0 aliphatic rings. The van der Waals surface area contributed by atoms with Crippen molar-refractivity contribution in [3.8, 4) is 0 Å². The second-order valence-electron chi connectivity index (χ2n) is 4.90. The Kier molecular flexibility index (Phi) is 5.66. The van der Waals surface area contributed by atoms with Crippen LogP contribution in [0.1, 0.15) is 46.0 Å². The van der Waals surface area contributed by atoms with E-state index in [4.69, 9.17) is 5.11 Å². The Labute approximate surface area is 133 Å². The van der Waals surface area contributed by atoms with E-state index in [1.165, 1.54) is 11.3 Å². The Hall–Kier alpha value is -2.21. The molecule has 1 amide bonds. The molecule has 0 spiro atoms. The molecule has 0 aliphatic heterocycles. The third-order valence-corrected chi connectivity index (χ3v) is 4.18. The van der Waals surface area contributed by atoms with Crippen molar-refractivity contribution < 1.29 is 14.7 Å². The van der Waals surface area contributed by atoms with E-state index in [0.29, 0.717) is 4.88 Å². The highest BCUT2D eigenvalue weighted by molar-refractivity contribution is 7.13. The lowest BCUT2D eigenvalue weighted by Crippen LogP contribution is -2.29. The molecule has 2 rings (SSSR count). The van der Waals surface area contributed by atoms with Gasteiger partial charge in [-0.25, -0.2) is 4.98 Å². The number of aliphatic carboxylic acids is 1. The zero-order chi connectivity index (χ0) is 15.9. The fraction of sp³-hybridized carbons (Fsp3) is 0.312. The van der Waals surface area contributed by atoms with Crippen molar-refractivity contribution in [2.75, 3.05) is 0 Å². The van der Waals surface area contributed by atoms with Gasteiger partial charge in [0.25, 0.3) is 5.91 Å². The highest BCUT2D eigenvalue weighted by atomic mass is 32.1.